The van der Waals surface area contributed by atoms with Crippen LogP contribution in [0.3, 0.4) is 0 Å². The minimum atomic E-state index is -0.425. The summed E-state index contributed by atoms with van der Waals surface area (Å²) in [6.07, 6.45) is 0. The lowest BCUT2D eigenvalue weighted by atomic mass is 10.1. The molecule has 0 unspecified atom stereocenters. The average Bonchev–Trinajstić information content (AvgIpc) is 2.61. The number of hydrogen-bond donors (Lipinski definition) is 0. The van der Waals surface area contributed by atoms with E-state index in [1.807, 2.05) is 31.2 Å². The molecule has 0 atom stereocenters. The highest BCUT2D eigenvalue weighted by Crippen LogP contribution is 2.32. The molecule has 1 aromatic heterocycles. The number of aryl methyl sites for hydroxylation is 2. The fraction of sp³-hybridized carbons (Fsp3) is 0.167. The van der Waals surface area contributed by atoms with Gasteiger partial charge in [0.2, 0.25) is 5.76 Å². The van der Waals surface area contributed by atoms with Crippen molar-refractivity contribution in [3.8, 4) is 11.3 Å². The van der Waals surface area contributed by atoms with E-state index in [0.29, 0.717) is 11.5 Å². The minimum Gasteiger partial charge on any atom is -0.454 e. The van der Waals surface area contributed by atoms with Crippen molar-refractivity contribution in [3.05, 3.63) is 51.8 Å². The molecule has 0 bridgehead atoms. The van der Waals surface area contributed by atoms with Crippen LogP contribution in [-0.2, 0) is 0 Å². The SMILES string of the molecule is Cc1ccc(-c2oc(C)cc2[N+](=O)[O-])cc1. The van der Waals surface area contributed by atoms with Crippen molar-refractivity contribution in [2.24, 2.45) is 0 Å². The molecule has 0 fully saturated rings. The Morgan fingerprint density at radius 3 is 2.38 bits per heavy atom. The second-order valence-corrected chi connectivity index (χ2v) is 3.69. The van der Waals surface area contributed by atoms with Crippen LogP contribution in [0.4, 0.5) is 5.69 Å². The lowest BCUT2D eigenvalue weighted by Crippen LogP contribution is -1.87. The third-order valence-corrected chi connectivity index (χ3v) is 2.35. The lowest BCUT2D eigenvalue weighted by molar-refractivity contribution is -0.384. The summed E-state index contributed by atoms with van der Waals surface area (Å²) in [4.78, 5) is 10.4. The number of nitrogens with zero attached hydrogens (tertiary/aromatic N) is 1. The first kappa shape index (κ1) is 10.4. The first-order valence-corrected chi connectivity index (χ1v) is 4.90. The molecule has 4 heteroatoms. The molecule has 0 saturated heterocycles. The van der Waals surface area contributed by atoms with Gasteiger partial charge in [0.25, 0.3) is 0 Å². The molecule has 4 nitrogen and oxygen atoms in total. The van der Waals surface area contributed by atoms with Crippen molar-refractivity contribution >= 4 is 5.69 Å². The zero-order valence-corrected chi connectivity index (χ0v) is 9.06. The Morgan fingerprint density at radius 1 is 1.19 bits per heavy atom. The molecule has 0 aliphatic rings. The molecule has 16 heavy (non-hydrogen) atoms. The maximum absolute atomic E-state index is 10.8. The largest absolute Gasteiger partial charge is 0.454 e. The molecule has 1 aromatic carbocycles. The highest BCUT2D eigenvalue weighted by atomic mass is 16.6. The van der Waals surface area contributed by atoms with Crippen LogP contribution < -0.4 is 0 Å². The Hall–Kier alpha value is -2.10. The van der Waals surface area contributed by atoms with Gasteiger partial charge in [0, 0.05) is 5.56 Å². The van der Waals surface area contributed by atoms with E-state index >= 15 is 0 Å². The summed E-state index contributed by atoms with van der Waals surface area (Å²) in [6.45, 7) is 3.66. The van der Waals surface area contributed by atoms with Gasteiger partial charge in [-0.05, 0) is 13.8 Å². The maximum Gasteiger partial charge on any atom is 0.315 e. The molecule has 2 aromatic rings. The summed E-state index contributed by atoms with van der Waals surface area (Å²) >= 11 is 0. The van der Waals surface area contributed by atoms with Gasteiger partial charge in [-0.1, -0.05) is 29.8 Å². The molecule has 0 amide bonds. The Balaban J connectivity index is 2.55. The second kappa shape index (κ2) is 3.81. The number of hydrogen-bond acceptors (Lipinski definition) is 3. The van der Waals surface area contributed by atoms with Crippen LogP contribution in [0.25, 0.3) is 11.3 Å². The summed E-state index contributed by atoms with van der Waals surface area (Å²) in [7, 11) is 0. The number of benzene rings is 1. The van der Waals surface area contributed by atoms with E-state index in [1.54, 1.807) is 6.92 Å². The topological polar surface area (TPSA) is 56.3 Å². The Labute approximate surface area is 92.7 Å². The lowest BCUT2D eigenvalue weighted by Gasteiger charge is -1.97. The van der Waals surface area contributed by atoms with Crippen molar-refractivity contribution in [1.82, 2.24) is 0 Å². The first-order valence-electron chi connectivity index (χ1n) is 4.90. The van der Waals surface area contributed by atoms with E-state index in [0.717, 1.165) is 11.1 Å². The number of furan rings is 1. The quantitative estimate of drug-likeness (QED) is 0.571. The fourth-order valence-electron chi connectivity index (χ4n) is 1.55. The number of rotatable bonds is 2. The summed E-state index contributed by atoms with van der Waals surface area (Å²) in [5.74, 6) is 0.866. The van der Waals surface area contributed by atoms with Crippen molar-refractivity contribution in [1.29, 1.82) is 0 Å². The molecule has 82 valence electrons. The van der Waals surface area contributed by atoms with Crippen molar-refractivity contribution in [3.63, 3.8) is 0 Å². The van der Waals surface area contributed by atoms with E-state index in [1.165, 1.54) is 6.07 Å². The summed E-state index contributed by atoms with van der Waals surface area (Å²) in [5, 5.41) is 10.8. The standard InChI is InChI=1S/C12H11NO3/c1-8-3-5-10(6-4-8)12-11(13(14)15)7-9(2)16-12/h3-7H,1-2H3. The van der Waals surface area contributed by atoms with E-state index in [4.69, 9.17) is 4.42 Å². The van der Waals surface area contributed by atoms with E-state index in [9.17, 15) is 10.1 Å². The van der Waals surface area contributed by atoms with Gasteiger partial charge < -0.3 is 4.42 Å². The molecule has 0 spiro atoms. The molecule has 0 aliphatic carbocycles. The van der Waals surface area contributed by atoms with Gasteiger partial charge in [-0.2, -0.15) is 0 Å². The zero-order chi connectivity index (χ0) is 11.7. The van der Waals surface area contributed by atoms with Gasteiger partial charge in [0.1, 0.15) is 5.76 Å². The second-order valence-electron chi connectivity index (χ2n) is 3.69. The van der Waals surface area contributed by atoms with Gasteiger partial charge >= 0.3 is 5.69 Å². The molecule has 1 heterocycles. The van der Waals surface area contributed by atoms with Crippen molar-refractivity contribution < 1.29 is 9.34 Å². The zero-order valence-electron chi connectivity index (χ0n) is 9.06. The van der Waals surface area contributed by atoms with Crippen LogP contribution >= 0.6 is 0 Å². The Morgan fingerprint density at radius 2 is 1.81 bits per heavy atom. The average molecular weight is 217 g/mol. The fourth-order valence-corrected chi connectivity index (χ4v) is 1.55. The summed E-state index contributed by atoms with van der Waals surface area (Å²) < 4.78 is 5.36. The third kappa shape index (κ3) is 1.82. The van der Waals surface area contributed by atoms with Crippen LogP contribution in [0.15, 0.2) is 34.7 Å². The smallest absolute Gasteiger partial charge is 0.315 e. The molecular formula is C12H11NO3. The highest BCUT2D eigenvalue weighted by Gasteiger charge is 2.20. The summed E-state index contributed by atoms with van der Waals surface area (Å²) in [5.41, 5.74) is 1.85. The predicted octanol–water partition coefficient (Wildman–Crippen LogP) is 3.47. The molecule has 0 radical (unpaired) electrons. The van der Waals surface area contributed by atoms with Crippen LogP contribution in [0.2, 0.25) is 0 Å². The van der Waals surface area contributed by atoms with E-state index in [2.05, 4.69) is 0 Å². The van der Waals surface area contributed by atoms with Crippen molar-refractivity contribution in [2.45, 2.75) is 13.8 Å². The first-order chi connectivity index (χ1) is 7.58. The Kier molecular flexibility index (Phi) is 2.48. The molecule has 2 rings (SSSR count). The highest BCUT2D eigenvalue weighted by molar-refractivity contribution is 5.68. The monoisotopic (exact) mass is 217 g/mol. The third-order valence-electron chi connectivity index (χ3n) is 2.35. The van der Waals surface area contributed by atoms with Gasteiger partial charge in [-0.3, -0.25) is 10.1 Å². The minimum absolute atomic E-state index is 0.0151. The van der Waals surface area contributed by atoms with Gasteiger partial charge in [-0.25, -0.2) is 0 Å². The van der Waals surface area contributed by atoms with Crippen LogP contribution in [-0.4, -0.2) is 4.92 Å². The van der Waals surface area contributed by atoms with Gasteiger partial charge in [0.15, 0.2) is 0 Å². The summed E-state index contributed by atoms with van der Waals surface area (Å²) in [6, 6.07) is 8.88. The van der Waals surface area contributed by atoms with Crippen LogP contribution in [0.5, 0.6) is 0 Å². The van der Waals surface area contributed by atoms with Gasteiger partial charge in [-0.15, -0.1) is 0 Å². The normalized spacial score (nSPS) is 10.4. The maximum atomic E-state index is 10.8. The molecule has 0 aliphatic heterocycles. The molecular weight excluding hydrogens is 206 g/mol. The van der Waals surface area contributed by atoms with Crippen molar-refractivity contribution in [2.75, 3.05) is 0 Å². The predicted molar refractivity (Wildman–Crippen MR) is 60.3 cm³/mol. The number of nitro groups is 1. The molecule has 0 N–H and O–H groups in total. The Bertz CT molecular complexity index is 526. The molecule has 0 saturated carbocycles. The van der Waals surface area contributed by atoms with E-state index < -0.39 is 4.92 Å². The van der Waals surface area contributed by atoms with Crippen LogP contribution in [0.1, 0.15) is 11.3 Å². The van der Waals surface area contributed by atoms with Gasteiger partial charge in [0.05, 0.1) is 11.0 Å². The van der Waals surface area contributed by atoms with Crippen LogP contribution in [0, 0.1) is 24.0 Å². The van der Waals surface area contributed by atoms with E-state index in [-0.39, 0.29) is 5.69 Å².